The maximum absolute atomic E-state index is 12.6. The predicted octanol–water partition coefficient (Wildman–Crippen LogP) is 2.06. The predicted molar refractivity (Wildman–Crippen MR) is 75.8 cm³/mol. The Bertz CT molecular complexity index is 550. The summed E-state index contributed by atoms with van der Waals surface area (Å²) >= 11 is 5.99. The monoisotopic (exact) mass is 297 g/mol. The molecule has 1 aromatic carbocycles. The van der Waals surface area contributed by atoms with Crippen molar-refractivity contribution in [3.05, 3.63) is 38.9 Å². The number of nitrogens with two attached hydrogens (primary N) is 1. The van der Waals surface area contributed by atoms with Gasteiger partial charge in [0.1, 0.15) is 5.56 Å². The van der Waals surface area contributed by atoms with Crippen LogP contribution in [0.5, 0.6) is 0 Å². The van der Waals surface area contributed by atoms with Gasteiger partial charge in [-0.3, -0.25) is 14.9 Å². The molecule has 0 aliphatic carbocycles. The molecule has 1 fully saturated rings. The van der Waals surface area contributed by atoms with Gasteiger partial charge in [0.25, 0.3) is 11.6 Å². The summed E-state index contributed by atoms with van der Waals surface area (Å²) < 4.78 is 0. The minimum atomic E-state index is -0.583. The third-order valence-corrected chi connectivity index (χ3v) is 3.97. The molecule has 1 aromatic rings. The molecule has 0 aromatic heterocycles. The highest BCUT2D eigenvalue weighted by atomic mass is 35.5. The van der Waals surface area contributed by atoms with Crippen molar-refractivity contribution in [1.82, 2.24) is 4.90 Å². The average Bonchev–Trinajstić information content (AvgIpc) is 2.79. The van der Waals surface area contributed by atoms with Crippen LogP contribution in [0.4, 0.5) is 5.69 Å². The quantitative estimate of drug-likeness (QED) is 0.683. The van der Waals surface area contributed by atoms with Crippen molar-refractivity contribution in [3.63, 3.8) is 0 Å². The Balaban J connectivity index is 2.37. The SMILES string of the molecule is CC1CC(CN)CN1C(=O)c1c(Cl)cccc1[N+](=O)[O-]. The van der Waals surface area contributed by atoms with E-state index in [9.17, 15) is 14.9 Å². The van der Waals surface area contributed by atoms with E-state index in [-0.39, 0.29) is 28.2 Å². The van der Waals surface area contributed by atoms with Gasteiger partial charge in [-0.2, -0.15) is 0 Å². The van der Waals surface area contributed by atoms with E-state index in [1.54, 1.807) is 4.90 Å². The molecule has 7 heteroatoms. The number of halogens is 1. The molecule has 0 bridgehead atoms. The lowest BCUT2D eigenvalue weighted by Gasteiger charge is -2.21. The van der Waals surface area contributed by atoms with Gasteiger partial charge in [0, 0.05) is 18.7 Å². The largest absolute Gasteiger partial charge is 0.335 e. The fourth-order valence-electron chi connectivity index (χ4n) is 2.62. The average molecular weight is 298 g/mol. The molecule has 1 amide bonds. The standard InChI is InChI=1S/C13H16ClN3O3/c1-8-5-9(6-15)7-16(8)13(18)12-10(14)3-2-4-11(12)17(19)20/h2-4,8-9H,5-7,15H2,1H3. The molecule has 2 N–H and O–H groups in total. The Morgan fingerprint density at radius 2 is 2.30 bits per heavy atom. The van der Waals surface area contributed by atoms with Gasteiger partial charge >= 0.3 is 0 Å². The third-order valence-electron chi connectivity index (χ3n) is 3.66. The van der Waals surface area contributed by atoms with Crippen LogP contribution in [-0.4, -0.2) is 34.9 Å². The van der Waals surface area contributed by atoms with Crippen molar-refractivity contribution in [1.29, 1.82) is 0 Å². The number of nitro benzene ring substituents is 1. The molecule has 2 unspecified atom stereocenters. The van der Waals surface area contributed by atoms with Crippen LogP contribution in [0.15, 0.2) is 18.2 Å². The number of nitro groups is 1. The maximum atomic E-state index is 12.6. The van der Waals surface area contributed by atoms with Gasteiger partial charge in [0.15, 0.2) is 0 Å². The van der Waals surface area contributed by atoms with Crippen LogP contribution >= 0.6 is 11.6 Å². The summed E-state index contributed by atoms with van der Waals surface area (Å²) in [7, 11) is 0. The minimum Gasteiger partial charge on any atom is -0.335 e. The van der Waals surface area contributed by atoms with Crippen LogP contribution in [0.1, 0.15) is 23.7 Å². The zero-order chi connectivity index (χ0) is 14.9. The van der Waals surface area contributed by atoms with Gasteiger partial charge in [-0.25, -0.2) is 0 Å². The van der Waals surface area contributed by atoms with Crippen molar-refractivity contribution in [3.8, 4) is 0 Å². The molecule has 1 aliphatic rings. The van der Waals surface area contributed by atoms with Gasteiger partial charge in [-0.15, -0.1) is 0 Å². The topological polar surface area (TPSA) is 89.5 Å². The van der Waals surface area contributed by atoms with Gasteiger partial charge in [-0.05, 0) is 31.9 Å². The highest BCUT2D eigenvalue weighted by Crippen LogP contribution is 2.31. The molecule has 0 spiro atoms. The van der Waals surface area contributed by atoms with E-state index in [0.717, 1.165) is 6.42 Å². The van der Waals surface area contributed by atoms with Crippen molar-refractivity contribution in [2.24, 2.45) is 11.7 Å². The maximum Gasteiger partial charge on any atom is 0.283 e. The number of hydrogen-bond acceptors (Lipinski definition) is 4. The molecule has 20 heavy (non-hydrogen) atoms. The first-order valence-electron chi connectivity index (χ1n) is 6.39. The van der Waals surface area contributed by atoms with E-state index < -0.39 is 10.8 Å². The van der Waals surface area contributed by atoms with Gasteiger partial charge in [0.05, 0.1) is 9.95 Å². The summed E-state index contributed by atoms with van der Waals surface area (Å²) in [6, 6.07) is 4.25. The van der Waals surface area contributed by atoms with E-state index in [2.05, 4.69) is 0 Å². The van der Waals surface area contributed by atoms with Crippen LogP contribution in [0.2, 0.25) is 5.02 Å². The van der Waals surface area contributed by atoms with E-state index in [1.807, 2.05) is 6.92 Å². The van der Waals surface area contributed by atoms with Gasteiger partial charge < -0.3 is 10.6 Å². The first-order chi connectivity index (χ1) is 9.45. The zero-order valence-corrected chi connectivity index (χ0v) is 11.8. The lowest BCUT2D eigenvalue weighted by atomic mass is 10.1. The Morgan fingerprint density at radius 3 is 2.85 bits per heavy atom. The lowest BCUT2D eigenvalue weighted by Crippen LogP contribution is -2.35. The number of carbonyl (C=O) groups excluding carboxylic acids is 1. The highest BCUT2D eigenvalue weighted by molar-refractivity contribution is 6.34. The number of likely N-dealkylation sites (tertiary alicyclic amines) is 1. The van der Waals surface area contributed by atoms with Crippen LogP contribution in [0.25, 0.3) is 0 Å². The van der Waals surface area contributed by atoms with Crippen LogP contribution < -0.4 is 5.73 Å². The van der Waals surface area contributed by atoms with Crippen LogP contribution in [0, 0.1) is 16.0 Å². The van der Waals surface area contributed by atoms with Crippen LogP contribution in [0.3, 0.4) is 0 Å². The Hall–Kier alpha value is -1.66. The number of hydrogen-bond donors (Lipinski definition) is 1. The lowest BCUT2D eigenvalue weighted by molar-refractivity contribution is -0.385. The summed E-state index contributed by atoms with van der Waals surface area (Å²) in [5.74, 6) is -0.166. The number of nitrogens with zero attached hydrogens (tertiary/aromatic N) is 2. The number of rotatable bonds is 3. The summed E-state index contributed by atoms with van der Waals surface area (Å²) in [5.41, 5.74) is 5.34. The molecular weight excluding hydrogens is 282 g/mol. The van der Waals surface area contributed by atoms with Crippen molar-refractivity contribution < 1.29 is 9.72 Å². The number of amides is 1. The molecule has 1 heterocycles. The first kappa shape index (κ1) is 14.7. The highest BCUT2D eigenvalue weighted by Gasteiger charge is 2.35. The van der Waals surface area contributed by atoms with E-state index in [0.29, 0.717) is 13.1 Å². The molecule has 108 valence electrons. The Morgan fingerprint density at radius 1 is 1.60 bits per heavy atom. The first-order valence-corrected chi connectivity index (χ1v) is 6.77. The second-order valence-electron chi connectivity index (χ2n) is 5.04. The molecule has 1 saturated heterocycles. The summed E-state index contributed by atoms with van der Waals surface area (Å²) in [5, 5.41) is 11.2. The van der Waals surface area contributed by atoms with Crippen molar-refractivity contribution in [2.75, 3.05) is 13.1 Å². The summed E-state index contributed by atoms with van der Waals surface area (Å²) in [6.07, 6.45) is 0.806. The third kappa shape index (κ3) is 2.62. The molecule has 2 rings (SSSR count). The van der Waals surface area contributed by atoms with Gasteiger partial charge in [0.2, 0.25) is 0 Å². The smallest absolute Gasteiger partial charge is 0.283 e. The van der Waals surface area contributed by atoms with Gasteiger partial charge in [-0.1, -0.05) is 17.7 Å². The number of carbonyl (C=O) groups is 1. The van der Waals surface area contributed by atoms with Crippen molar-refractivity contribution >= 4 is 23.2 Å². The van der Waals surface area contributed by atoms with Crippen molar-refractivity contribution in [2.45, 2.75) is 19.4 Å². The number of benzene rings is 1. The van der Waals surface area contributed by atoms with Crippen LogP contribution in [-0.2, 0) is 0 Å². The summed E-state index contributed by atoms with van der Waals surface area (Å²) in [4.78, 5) is 24.6. The molecule has 2 atom stereocenters. The summed E-state index contributed by atoms with van der Waals surface area (Å²) in [6.45, 7) is 2.92. The molecule has 1 aliphatic heterocycles. The van der Waals surface area contributed by atoms with E-state index in [1.165, 1.54) is 18.2 Å². The zero-order valence-electron chi connectivity index (χ0n) is 11.1. The molecule has 0 saturated carbocycles. The second kappa shape index (κ2) is 5.76. The molecule has 0 radical (unpaired) electrons. The fourth-order valence-corrected chi connectivity index (χ4v) is 2.87. The van der Waals surface area contributed by atoms with E-state index in [4.69, 9.17) is 17.3 Å². The minimum absolute atomic E-state index is 0.00641. The van der Waals surface area contributed by atoms with E-state index >= 15 is 0 Å². The fraction of sp³-hybridized carbons (Fsp3) is 0.462. The molecular formula is C13H16ClN3O3. The Kier molecular flexibility index (Phi) is 4.25. The normalized spacial score (nSPS) is 22.1. The molecule has 6 nitrogen and oxygen atoms in total. The second-order valence-corrected chi connectivity index (χ2v) is 5.44. The Labute approximate surface area is 121 Å².